The van der Waals surface area contributed by atoms with Crippen LogP contribution >= 0.6 is 0 Å². The van der Waals surface area contributed by atoms with Gasteiger partial charge in [-0.25, -0.2) is 9.50 Å². The minimum absolute atomic E-state index is 0.0833. The van der Waals surface area contributed by atoms with Gasteiger partial charge in [0.15, 0.2) is 0 Å². The van der Waals surface area contributed by atoms with Crippen molar-refractivity contribution in [2.24, 2.45) is 0 Å². The Morgan fingerprint density at radius 1 is 1.26 bits per heavy atom. The lowest BCUT2D eigenvalue weighted by Gasteiger charge is -2.25. The van der Waals surface area contributed by atoms with Gasteiger partial charge >= 0.3 is 0 Å². The summed E-state index contributed by atoms with van der Waals surface area (Å²) in [6.07, 6.45) is 10.0. The molecule has 5 rings (SSSR count). The van der Waals surface area contributed by atoms with E-state index in [1.54, 1.807) is 14.0 Å². The van der Waals surface area contributed by atoms with E-state index < -0.39 is 0 Å². The molecule has 10 nitrogen and oxygen atoms in total. The molecule has 0 unspecified atom stereocenters. The first-order valence-electron chi connectivity index (χ1n) is 12.5. The number of aliphatic hydroxyl groups is 1. The highest BCUT2D eigenvalue weighted by Crippen LogP contribution is 2.38. The number of rotatable bonds is 7. The van der Waals surface area contributed by atoms with Crippen LogP contribution in [0.5, 0.6) is 0 Å². The summed E-state index contributed by atoms with van der Waals surface area (Å²) in [5.41, 5.74) is 4.15. The van der Waals surface area contributed by atoms with Crippen LogP contribution in [0.2, 0.25) is 0 Å². The quantitative estimate of drug-likeness (QED) is 0.534. The number of fused-ring (bicyclic) bond motifs is 1. The first-order valence-corrected chi connectivity index (χ1v) is 12.5. The molecule has 3 aromatic heterocycles. The molecule has 188 valence electrons. The SMILES string of the molecule is COC[C@H](C)Nc1ncc2c(-c3cnn([C@@H]4CCN(C(C)=O)C4)c3)cc(C3CCC(O)CC3)n2n1. The highest BCUT2D eigenvalue weighted by Gasteiger charge is 2.28. The van der Waals surface area contributed by atoms with Gasteiger partial charge in [0.1, 0.15) is 0 Å². The van der Waals surface area contributed by atoms with Gasteiger partial charge < -0.3 is 20.1 Å². The van der Waals surface area contributed by atoms with Crippen molar-refractivity contribution in [3.8, 4) is 11.1 Å². The Morgan fingerprint density at radius 2 is 2.06 bits per heavy atom. The molecule has 1 aliphatic heterocycles. The summed E-state index contributed by atoms with van der Waals surface area (Å²) in [4.78, 5) is 18.2. The maximum atomic E-state index is 11.8. The zero-order valence-corrected chi connectivity index (χ0v) is 20.7. The van der Waals surface area contributed by atoms with Crippen molar-refractivity contribution >= 4 is 17.4 Å². The fourth-order valence-electron chi connectivity index (χ4n) is 5.41. The zero-order valence-electron chi connectivity index (χ0n) is 20.7. The van der Waals surface area contributed by atoms with Gasteiger partial charge in [0.25, 0.3) is 0 Å². The number of methoxy groups -OCH3 is 1. The second-order valence-corrected chi connectivity index (χ2v) is 9.98. The van der Waals surface area contributed by atoms with Gasteiger partial charge in [-0.2, -0.15) is 5.10 Å². The number of nitrogens with one attached hydrogen (secondary N) is 1. The number of likely N-dealkylation sites (tertiary alicyclic amines) is 1. The maximum absolute atomic E-state index is 11.8. The number of anilines is 1. The lowest BCUT2D eigenvalue weighted by Crippen LogP contribution is -2.26. The van der Waals surface area contributed by atoms with Crippen molar-refractivity contribution in [3.05, 3.63) is 30.4 Å². The van der Waals surface area contributed by atoms with Crippen molar-refractivity contribution in [1.82, 2.24) is 29.3 Å². The van der Waals surface area contributed by atoms with E-state index in [9.17, 15) is 9.90 Å². The number of carbonyl (C=O) groups is 1. The fraction of sp³-hybridized carbons (Fsp3) is 0.600. The predicted octanol–water partition coefficient (Wildman–Crippen LogP) is 2.85. The van der Waals surface area contributed by atoms with Gasteiger partial charge in [0, 0.05) is 62.1 Å². The van der Waals surface area contributed by atoms with Gasteiger partial charge in [0.05, 0.1) is 36.7 Å². The molecule has 1 amide bonds. The molecule has 0 spiro atoms. The summed E-state index contributed by atoms with van der Waals surface area (Å²) < 4.78 is 9.24. The lowest BCUT2D eigenvalue weighted by atomic mass is 9.85. The van der Waals surface area contributed by atoms with Crippen molar-refractivity contribution in [1.29, 1.82) is 0 Å². The van der Waals surface area contributed by atoms with Crippen LogP contribution in [0.1, 0.15) is 63.6 Å². The van der Waals surface area contributed by atoms with Crippen LogP contribution in [-0.4, -0.2) is 79.2 Å². The molecule has 2 atom stereocenters. The minimum Gasteiger partial charge on any atom is -0.393 e. The van der Waals surface area contributed by atoms with E-state index in [0.29, 0.717) is 25.0 Å². The molecule has 2 aliphatic rings. The number of hydrogen-bond acceptors (Lipinski definition) is 7. The van der Waals surface area contributed by atoms with E-state index in [1.165, 1.54) is 0 Å². The molecule has 1 saturated heterocycles. The Kier molecular flexibility index (Phi) is 6.75. The molecule has 35 heavy (non-hydrogen) atoms. The molecule has 10 heteroatoms. The number of aromatic nitrogens is 5. The van der Waals surface area contributed by atoms with Crippen LogP contribution in [0.3, 0.4) is 0 Å². The van der Waals surface area contributed by atoms with Crippen LogP contribution < -0.4 is 5.32 Å². The normalized spacial score (nSPS) is 23.7. The van der Waals surface area contributed by atoms with Crippen LogP contribution in [0.15, 0.2) is 24.7 Å². The Balaban J connectivity index is 1.48. The summed E-state index contributed by atoms with van der Waals surface area (Å²) in [5, 5.41) is 22.9. The van der Waals surface area contributed by atoms with Crippen molar-refractivity contribution < 1.29 is 14.6 Å². The van der Waals surface area contributed by atoms with Crippen LogP contribution in [0, 0.1) is 0 Å². The van der Waals surface area contributed by atoms with Crippen molar-refractivity contribution in [2.75, 3.05) is 32.1 Å². The van der Waals surface area contributed by atoms with Gasteiger partial charge in [-0.15, -0.1) is 5.10 Å². The molecule has 3 aromatic rings. The van der Waals surface area contributed by atoms with Crippen molar-refractivity contribution in [2.45, 2.75) is 70.1 Å². The summed E-state index contributed by atoms with van der Waals surface area (Å²) in [7, 11) is 1.68. The van der Waals surface area contributed by atoms with Gasteiger partial charge in [-0.1, -0.05) is 0 Å². The first kappa shape index (κ1) is 23.7. The molecular formula is C25H35N7O3. The Labute approximate surface area is 205 Å². The Bertz CT molecular complexity index is 1180. The molecule has 0 bridgehead atoms. The van der Waals surface area contributed by atoms with Gasteiger partial charge in [-0.3, -0.25) is 9.48 Å². The molecule has 0 radical (unpaired) electrons. The summed E-state index contributed by atoms with van der Waals surface area (Å²) in [5.74, 6) is 1.00. The minimum atomic E-state index is -0.210. The highest BCUT2D eigenvalue weighted by molar-refractivity contribution is 5.81. The summed E-state index contributed by atoms with van der Waals surface area (Å²) >= 11 is 0. The molecule has 1 saturated carbocycles. The molecular weight excluding hydrogens is 446 g/mol. The Morgan fingerprint density at radius 3 is 2.77 bits per heavy atom. The number of amides is 1. The van der Waals surface area contributed by atoms with E-state index in [0.717, 1.165) is 61.0 Å². The standard InChI is InChI=1S/C25H35N7O3/c1-16(15-35-3)28-25-26-12-24-22(10-23(32(24)29-25)18-4-6-21(34)7-5-18)19-11-27-31(13-19)20-8-9-30(14-20)17(2)33/h10-13,16,18,20-21,34H,4-9,14-15H2,1-3H3,(H,28,29)/t16-,18?,20+,21?/m0/s1. The topological polar surface area (TPSA) is 110 Å². The van der Waals surface area contributed by atoms with Gasteiger partial charge in [0.2, 0.25) is 11.9 Å². The fourth-order valence-corrected chi connectivity index (χ4v) is 5.41. The second kappa shape index (κ2) is 9.94. The zero-order chi connectivity index (χ0) is 24.5. The lowest BCUT2D eigenvalue weighted by molar-refractivity contribution is -0.127. The summed E-state index contributed by atoms with van der Waals surface area (Å²) in [6.45, 7) is 5.68. The predicted molar refractivity (Wildman–Crippen MR) is 132 cm³/mol. The summed E-state index contributed by atoms with van der Waals surface area (Å²) in [6, 6.07) is 2.49. The van der Waals surface area contributed by atoms with E-state index in [-0.39, 0.29) is 24.1 Å². The molecule has 2 N–H and O–H groups in total. The number of carbonyl (C=O) groups excluding carboxylic acids is 1. The third-order valence-corrected chi connectivity index (χ3v) is 7.35. The average molecular weight is 482 g/mol. The number of hydrogen-bond donors (Lipinski definition) is 2. The van der Waals surface area contributed by atoms with Gasteiger partial charge in [-0.05, 0) is 45.1 Å². The molecule has 2 fully saturated rings. The van der Waals surface area contributed by atoms with E-state index in [2.05, 4.69) is 27.7 Å². The molecule has 4 heterocycles. The second-order valence-electron chi connectivity index (χ2n) is 9.98. The third-order valence-electron chi connectivity index (χ3n) is 7.35. The van der Waals surface area contributed by atoms with Crippen LogP contribution in [-0.2, 0) is 9.53 Å². The maximum Gasteiger partial charge on any atom is 0.241 e. The van der Waals surface area contributed by atoms with E-state index in [1.807, 2.05) is 33.4 Å². The van der Waals surface area contributed by atoms with E-state index >= 15 is 0 Å². The number of aliphatic hydroxyl groups excluding tert-OH is 1. The third kappa shape index (κ3) is 4.90. The average Bonchev–Trinajstić information content (AvgIpc) is 3.58. The van der Waals surface area contributed by atoms with Crippen LogP contribution in [0.25, 0.3) is 16.6 Å². The largest absolute Gasteiger partial charge is 0.393 e. The number of nitrogens with zero attached hydrogens (tertiary/aromatic N) is 6. The van der Waals surface area contributed by atoms with Crippen LogP contribution in [0.4, 0.5) is 5.95 Å². The monoisotopic (exact) mass is 481 g/mol. The Hall–Kier alpha value is -2.98. The van der Waals surface area contributed by atoms with E-state index in [4.69, 9.17) is 9.84 Å². The first-order chi connectivity index (χ1) is 16.9. The highest BCUT2D eigenvalue weighted by atomic mass is 16.5. The number of ether oxygens (including phenoxy) is 1. The van der Waals surface area contributed by atoms with Crippen molar-refractivity contribution in [3.63, 3.8) is 0 Å². The molecule has 1 aliphatic carbocycles. The molecule has 0 aromatic carbocycles. The smallest absolute Gasteiger partial charge is 0.241 e.